The summed E-state index contributed by atoms with van der Waals surface area (Å²) >= 11 is 0. The molecule has 0 bridgehead atoms. The summed E-state index contributed by atoms with van der Waals surface area (Å²) in [6.07, 6.45) is -4.43. The molecule has 44 heavy (non-hydrogen) atoms. The van der Waals surface area contributed by atoms with Gasteiger partial charge in [0, 0.05) is 23.7 Å². The molecule has 1 aliphatic rings. The summed E-state index contributed by atoms with van der Waals surface area (Å²) in [5.74, 6) is -1.13. The number of ether oxygens (including phenoxy) is 2. The molecule has 1 aliphatic heterocycles. The number of carbonyl (C=O) groups is 1. The molecule has 3 atom stereocenters. The van der Waals surface area contributed by atoms with E-state index in [1.165, 1.54) is 67.6 Å². The van der Waals surface area contributed by atoms with Gasteiger partial charge in [-0.15, -0.1) is 13.2 Å². The van der Waals surface area contributed by atoms with Gasteiger partial charge >= 0.3 is 13.0 Å². The van der Waals surface area contributed by atoms with E-state index in [1.54, 1.807) is 12.1 Å². The van der Waals surface area contributed by atoms with Gasteiger partial charge in [0.2, 0.25) is 0 Å². The summed E-state index contributed by atoms with van der Waals surface area (Å²) in [7, 11) is -3.41. The van der Waals surface area contributed by atoms with Crippen molar-refractivity contribution in [3.05, 3.63) is 89.5 Å². The van der Waals surface area contributed by atoms with E-state index in [-0.39, 0.29) is 34.5 Å². The fourth-order valence-corrected chi connectivity index (χ4v) is 6.00. The van der Waals surface area contributed by atoms with Crippen LogP contribution in [0.1, 0.15) is 46.8 Å². The quantitative estimate of drug-likeness (QED) is 0.254. The molecule has 3 aromatic rings. The fraction of sp³-hybridized carbons (Fsp3) is 0.367. The maximum Gasteiger partial charge on any atom is 0.573 e. The monoisotopic (exact) mass is 642 g/mol. The number of benzene rings is 3. The highest BCUT2D eigenvalue weighted by atomic mass is 32.2. The van der Waals surface area contributed by atoms with Gasteiger partial charge in [-0.1, -0.05) is 31.2 Å². The first kappa shape index (κ1) is 33.1. The number of sulfone groups is 1. The van der Waals surface area contributed by atoms with E-state index in [9.17, 15) is 40.3 Å². The first-order valence-corrected chi connectivity index (χ1v) is 15.3. The van der Waals surface area contributed by atoms with Crippen molar-refractivity contribution in [1.82, 2.24) is 5.32 Å². The predicted molar refractivity (Wildman–Crippen MR) is 151 cm³/mol. The molecule has 1 amide bonds. The van der Waals surface area contributed by atoms with Gasteiger partial charge in [0.1, 0.15) is 5.75 Å². The lowest BCUT2D eigenvalue weighted by Gasteiger charge is -2.27. The topological polar surface area (TPSA) is 105 Å². The van der Waals surface area contributed by atoms with E-state index < -0.39 is 47.4 Å². The summed E-state index contributed by atoms with van der Waals surface area (Å²) in [6, 6.07) is 16.4. The van der Waals surface area contributed by atoms with Gasteiger partial charge < -0.3 is 24.8 Å². The standard InChI is InChI=1S/C30H31F5N2O6S/c1-2-44(40,41)26-13-7-20(8-14-26)27(17-38)36-28(39)21-3-9-23(10-4-21)37-16-22(15-24(37)18-42-29(31)32)19-5-11-25(12-6-19)43-30(33,34)35/h3-14,22,24,27,29,38H,2,15-18H2,1H3,(H,36,39)/t22?,24-,27-/m0/s1. The van der Waals surface area contributed by atoms with Gasteiger partial charge in [-0.2, -0.15) is 8.78 Å². The summed E-state index contributed by atoms with van der Waals surface area (Å²) < 4.78 is 95.9. The van der Waals surface area contributed by atoms with Crippen LogP contribution in [0.15, 0.2) is 77.7 Å². The minimum absolute atomic E-state index is 0.0610. The number of alkyl halides is 5. The van der Waals surface area contributed by atoms with Crippen molar-refractivity contribution >= 4 is 21.4 Å². The Kier molecular flexibility index (Phi) is 10.5. The molecule has 0 saturated carbocycles. The normalized spacial score (nSPS) is 18.0. The number of aliphatic hydroxyl groups excluding tert-OH is 1. The molecule has 0 radical (unpaired) electrons. The minimum atomic E-state index is -4.82. The number of amides is 1. The van der Waals surface area contributed by atoms with Crippen LogP contribution in [-0.4, -0.2) is 64.0 Å². The first-order chi connectivity index (χ1) is 20.8. The lowest BCUT2D eigenvalue weighted by molar-refractivity contribution is -0.274. The molecule has 2 N–H and O–H groups in total. The minimum Gasteiger partial charge on any atom is -0.406 e. The molecule has 0 aromatic heterocycles. The fourth-order valence-electron chi connectivity index (χ4n) is 5.11. The zero-order chi connectivity index (χ0) is 32.1. The van der Waals surface area contributed by atoms with E-state index in [4.69, 9.17) is 0 Å². The van der Waals surface area contributed by atoms with Crippen molar-refractivity contribution in [1.29, 1.82) is 0 Å². The Bertz CT molecular complexity index is 1500. The maximum atomic E-state index is 13.0. The second kappa shape index (κ2) is 13.9. The van der Waals surface area contributed by atoms with Crippen LogP contribution in [0.5, 0.6) is 5.75 Å². The van der Waals surface area contributed by atoms with E-state index >= 15 is 0 Å². The van der Waals surface area contributed by atoms with Gasteiger partial charge in [-0.3, -0.25) is 4.79 Å². The van der Waals surface area contributed by atoms with Crippen LogP contribution in [0.3, 0.4) is 0 Å². The van der Waals surface area contributed by atoms with E-state index in [2.05, 4.69) is 14.8 Å². The molecule has 8 nitrogen and oxygen atoms in total. The van der Waals surface area contributed by atoms with Gasteiger partial charge in [-0.05, 0) is 66.1 Å². The Labute approximate surface area is 251 Å². The van der Waals surface area contributed by atoms with Crippen LogP contribution in [0.2, 0.25) is 0 Å². The number of rotatable bonds is 12. The number of anilines is 1. The smallest absolute Gasteiger partial charge is 0.406 e. The lowest BCUT2D eigenvalue weighted by Crippen LogP contribution is -2.34. The molecular weight excluding hydrogens is 611 g/mol. The van der Waals surface area contributed by atoms with Crippen molar-refractivity contribution in [3.8, 4) is 5.75 Å². The Hall–Kier alpha value is -3.75. The third kappa shape index (κ3) is 8.45. The lowest BCUT2D eigenvalue weighted by atomic mass is 9.96. The SMILES string of the molecule is CCS(=O)(=O)c1ccc([C@H](CO)NC(=O)c2ccc(N3CC(c4ccc(OC(F)(F)F)cc4)C[C@H]3COC(F)F)cc2)cc1. The van der Waals surface area contributed by atoms with Crippen LogP contribution in [0, 0.1) is 0 Å². The third-order valence-corrected chi connectivity index (χ3v) is 9.14. The summed E-state index contributed by atoms with van der Waals surface area (Å²) in [4.78, 5) is 14.9. The average Bonchev–Trinajstić information content (AvgIpc) is 3.42. The molecule has 238 valence electrons. The van der Waals surface area contributed by atoms with E-state index in [1.807, 2.05) is 4.90 Å². The van der Waals surface area contributed by atoms with Gasteiger partial charge in [-0.25, -0.2) is 8.42 Å². The Morgan fingerprint density at radius 2 is 1.66 bits per heavy atom. The van der Waals surface area contributed by atoms with Gasteiger partial charge in [0.05, 0.1) is 35.9 Å². The van der Waals surface area contributed by atoms with E-state index in [0.717, 1.165) is 0 Å². The molecule has 1 heterocycles. The van der Waals surface area contributed by atoms with Crippen LogP contribution in [0.4, 0.5) is 27.6 Å². The molecule has 3 aromatic carbocycles. The van der Waals surface area contributed by atoms with Crippen molar-refractivity contribution in [2.75, 3.05) is 30.4 Å². The molecule has 0 aliphatic carbocycles. The first-order valence-electron chi connectivity index (χ1n) is 13.7. The molecule has 1 unspecified atom stereocenters. The molecule has 1 saturated heterocycles. The second-order valence-electron chi connectivity index (χ2n) is 10.2. The molecule has 14 heteroatoms. The molecule has 1 fully saturated rings. The van der Waals surface area contributed by atoms with Crippen LogP contribution in [0.25, 0.3) is 0 Å². The van der Waals surface area contributed by atoms with Crippen LogP contribution in [-0.2, 0) is 14.6 Å². The van der Waals surface area contributed by atoms with Crippen molar-refractivity contribution in [2.45, 2.75) is 49.2 Å². The second-order valence-corrected chi connectivity index (χ2v) is 12.5. The third-order valence-electron chi connectivity index (χ3n) is 7.38. The number of aliphatic hydroxyl groups is 1. The molecule has 0 spiro atoms. The number of hydrogen-bond donors (Lipinski definition) is 2. The average molecular weight is 643 g/mol. The number of halogens is 5. The predicted octanol–water partition coefficient (Wildman–Crippen LogP) is 5.44. The largest absolute Gasteiger partial charge is 0.573 e. The maximum absolute atomic E-state index is 13.0. The Balaban J connectivity index is 1.46. The zero-order valence-electron chi connectivity index (χ0n) is 23.5. The van der Waals surface area contributed by atoms with Crippen molar-refractivity contribution in [2.24, 2.45) is 0 Å². The number of carbonyl (C=O) groups excluding carboxylic acids is 1. The Morgan fingerprint density at radius 1 is 1.02 bits per heavy atom. The Morgan fingerprint density at radius 3 is 2.20 bits per heavy atom. The van der Waals surface area contributed by atoms with Crippen molar-refractivity contribution < 1.29 is 49.7 Å². The highest BCUT2D eigenvalue weighted by molar-refractivity contribution is 7.91. The summed E-state index contributed by atoms with van der Waals surface area (Å²) in [6.45, 7) is -1.81. The van der Waals surface area contributed by atoms with Crippen LogP contribution >= 0.6 is 0 Å². The summed E-state index contributed by atoms with van der Waals surface area (Å²) in [5, 5.41) is 12.6. The van der Waals surface area contributed by atoms with Crippen molar-refractivity contribution in [3.63, 3.8) is 0 Å². The van der Waals surface area contributed by atoms with Gasteiger partial charge in [0.25, 0.3) is 5.91 Å². The highest BCUT2D eigenvalue weighted by Crippen LogP contribution is 2.37. The van der Waals surface area contributed by atoms with Crippen LogP contribution < -0.4 is 15.0 Å². The summed E-state index contributed by atoms with van der Waals surface area (Å²) in [5.41, 5.74) is 2.09. The number of hydrogen-bond acceptors (Lipinski definition) is 7. The highest BCUT2D eigenvalue weighted by Gasteiger charge is 2.35. The number of nitrogens with zero attached hydrogens (tertiary/aromatic N) is 1. The number of nitrogens with one attached hydrogen (secondary N) is 1. The van der Waals surface area contributed by atoms with E-state index in [0.29, 0.717) is 29.8 Å². The molecular formula is C30H31F5N2O6S. The molecule has 4 rings (SSSR count). The zero-order valence-corrected chi connectivity index (χ0v) is 24.3. The van der Waals surface area contributed by atoms with Gasteiger partial charge in [0.15, 0.2) is 9.84 Å².